The summed E-state index contributed by atoms with van der Waals surface area (Å²) < 4.78 is 10.8. The van der Waals surface area contributed by atoms with Crippen molar-refractivity contribution in [2.24, 2.45) is 28.7 Å². The number of carbonyl (C=O) groups is 2. The second-order valence-electron chi connectivity index (χ2n) is 8.10. The second-order valence-corrected chi connectivity index (χ2v) is 8.10. The van der Waals surface area contributed by atoms with Gasteiger partial charge in [-0.1, -0.05) is 24.3 Å². The number of hydrogen-bond donors (Lipinski definition) is 2. The number of carbonyl (C=O) groups excluding carboxylic acids is 2. The van der Waals surface area contributed by atoms with Crippen LogP contribution in [0.1, 0.15) is 18.9 Å². The molecule has 0 radical (unpaired) electrons. The smallest absolute Gasteiger partial charge is 0.233 e. The maximum Gasteiger partial charge on any atom is 0.233 e. The van der Waals surface area contributed by atoms with Gasteiger partial charge in [0.15, 0.2) is 17.5 Å². The molecule has 1 heterocycles. The molecule has 2 N–H and O–H groups in total. The van der Waals surface area contributed by atoms with Crippen LogP contribution < -0.4 is 20.1 Å². The van der Waals surface area contributed by atoms with Crippen LogP contribution in [0.2, 0.25) is 0 Å². The fourth-order valence-electron chi connectivity index (χ4n) is 5.05. The zero-order valence-electron chi connectivity index (χ0n) is 18.7. The number of methoxy groups -OCH3 is 2. The summed E-state index contributed by atoms with van der Waals surface area (Å²) in [7, 11) is 3.21. The van der Waals surface area contributed by atoms with Crippen molar-refractivity contribution in [3.63, 3.8) is 0 Å². The third kappa shape index (κ3) is 4.44. The van der Waals surface area contributed by atoms with Crippen LogP contribution in [0.5, 0.6) is 11.5 Å². The van der Waals surface area contributed by atoms with Gasteiger partial charge >= 0.3 is 0 Å². The summed E-state index contributed by atoms with van der Waals surface area (Å²) in [5.74, 6) is 2.08. The number of para-hydroxylation sites is 1. The SMILES string of the molecule is CCNC(=NCc1cccc(OC)c1OC)NCCN1C(=O)C2C3C=CC(C3)C2C1=O.I. The lowest BCUT2D eigenvalue weighted by Gasteiger charge is -2.18. The van der Waals surface area contributed by atoms with Crippen LogP contribution in [0, 0.1) is 23.7 Å². The highest BCUT2D eigenvalue weighted by atomic mass is 127. The summed E-state index contributed by atoms with van der Waals surface area (Å²) in [5, 5.41) is 6.43. The fraction of sp³-hybridized carbons (Fsp3) is 0.522. The van der Waals surface area contributed by atoms with Gasteiger partial charge in [-0.3, -0.25) is 14.5 Å². The molecule has 174 valence electrons. The molecule has 4 atom stereocenters. The van der Waals surface area contributed by atoms with Crippen LogP contribution in [0.4, 0.5) is 0 Å². The Balaban J connectivity index is 0.00000289. The van der Waals surface area contributed by atoms with Crippen LogP contribution in [0.15, 0.2) is 35.3 Å². The van der Waals surface area contributed by atoms with E-state index in [4.69, 9.17) is 9.47 Å². The molecule has 1 saturated heterocycles. The van der Waals surface area contributed by atoms with Crippen molar-refractivity contribution in [3.8, 4) is 11.5 Å². The van der Waals surface area contributed by atoms with Gasteiger partial charge in [0.1, 0.15) is 0 Å². The molecule has 0 aromatic heterocycles. The Morgan fingerprint density at radius 2 is 1.78 bits per heavy atom. The zero-order valence-corrected chi connectivity index (χ0v) is 21.0. The number of nitrogens with one attached hydrogen (secondary N) is 2. The maximum absolute atomic E-state index is 12.8. The van der Waals surface area contributed by atoms with Crippen molar-refractivity contribution in [1.82, 2.24) is 15.5 Å². The Hall–Kier alpha value is -2.30. The number of likely N-dealkylation sites (tertiary alicyclic amines) is 1. The summed E-state index contributed by atoms with van der Waals surface area (Å²) in [6.45, 7) is 3.87. The van der Waals surface area contributed by atoms with E-state index < -0.39 is 0 Å². The number of rotatable bonds is 8. The first-order chi connectivity index (χ1) is 15.1. The van der Waals surface area contributed by atoms with Crippen molar-refractivity contribution in [1.29, 1.82) is 0 Å². The maximum atomic E-state index is 12.8. The highest BCUT2D eigenvalue weighted by Gasteiger charge is 2.58. The molecule has 4 unspecified atom stereocenters. The molecule has 2 aliphatic carbocycles. The predicted octanol–water partition coefficient (Wildman–Crippen LogP) is 2.18. The number of allylic oxidation sites excluding steroid dienone is 2. The van der Waals surface area contributed by atoms with Gasteiger partial charge < -0.3 is 20.1 Å². The van der Waals surface area contributed by atoms with E-state index in [1.165, 1.54) is 4.90 Å². The summed E-state index contributed by atoms with van der Waals surface area (Å²) in [4.78, 5) is 31.7. The third-order valence-corrected chi connectivity index (χ3v) is 6.43. The first-order valence-electron chi connectivity index (χ1n) is 10.8. The van der Waals surface area contributed by atoms with Gasteiger partial charge in [-0.25, -0.2) is 4.99 Å². The second kappa shape index (κ2) is 10.5. The van der Waals surface area contributed by atoms with Crippen LogP contribution in [0.25, 0.3) is 0 Å². The average molecular weight is 554 g/mol. The molecule has 1 aliphatic heterocycles. The van der Waals surface area contributed by atoms with E-state index in [-0.39, 0.29) is 59.5 Å². The molecule has 1 aromatic carbocycles. The van der Waals surface area contributed by atoms with Crippen LogP contribution in [-0.2, 0) is 16.1 Å². The summed E-state index contributed by atoms with van der Waals surface area (Å²) in [5.41, 5.74) is 0.903. The molecule has 2 bridgehead atoms. The minimum Gasteiger partial charge on any atom is -0.493 e. The number of nitrogens with zero attached hydrogens (tertiary/aromatic N) is 2. The van der Waals surface area contributed by atoms with Crippen molar-refractivity contribution >= 4 is 41.8 Å². The number of guanidine groups is 1. The Kier molecular flexibility index (Phi) is 8.02. The molecular formula is C23H31IN4O4. The van der Waals surface area contributed by atoms with E-state index in [2.05, 4.69) is 27.8 Å². The Bertz CT molecular complexity index is 889. The van der Waals surface area contributed by atoms with Gasteiger partial charge in [-0.2, -0.15) is 0 Å². The van der Waals surface area contributed by atoms with Crippen molar-refractivity contribution in [2.45, 2.75) is 19.9 Å². The van der Waals surface area contributed by atoms with Gasteiger partial charge in [-0.15, -0.1) is 24.0 Å². The van der Waals surface area contributed by atoms with Crippen LogP contribution in [0.3, 0.4) is 0 Å². The largest absolute Gasteiger partial charge is 0.493 e. The van der Waals surface area contributed by atoms with Crippen LogP contribution in [-0.4, -0.2) is 56.5 Å². The Labute approximate surface area is 205 Å². The van der Waals surface area contributed by atoms with Gasteiger partial charge in [0.25, 0.3) is 0 Å². The number of hydrogen-bond acceptors (Lipinski definition) is 5. The highest BCUT2D eigenvalue weighted by Crippen LogP contribution is 2.52. The number of halogens is 1. The first-order valence-corrected chi connectivity index (χ1v) is 10.8. The predicted molar refractivity (Wildman–Crippen MR) is 132 cm³/mol. The number of aliphatic imine (C=N–C) groups is 1. The Morgan fingerprint density at radius 1 is 1.09 bits per heavy atom. The number of imide groups is 1. The number of benzene rings is 1. The van der Waals surface area contributed by atoms with E-state index in [1.807, 2.05) is 25.1 Å². The molecule has 9 heteroatoms. The van der Waals surface area contributed by atoms with Crippen molar-refractivity contribution in [3.05, 3.63) is 35.9 Å². The summed E-state index contributed by atoms with van der Waals surface area (Å²) in [6.07, 6.45) is 5.17. The number of ether oxygens (including phenoxy) is 2. The highest BCUT2D eigenvalue weighted by molar-refractivity contribution is 14.0. The molecular weight excluding hydrogens is 523 g/mol. The molecule has 1 aromatic rings. The molecule has 32 heavy (non-hydrogen) atoms. The van der Waals surface area contributed by atoms with Crippen molar-refractivity contribution < 1.29 is 19.1 Å². The normalized spacial score (nSPS) is 25.6. The minimum absolute atomic E-state index is 0. The Morgan fingerprint density at radius 3 is 2.38 bits per heavy atom. The standard InChI is InChI=1S/C23H30N4O4.HI/c1-4-24-23(26-13-16-6-5-7-17(30-2)20(16)31-3)25-10-11-27-21(28)18-14-8-9-15(12-14)19(18)22(27)29;/h5-9,14-15,18-19H,4,10-13H2,1-3H3,(H2,24,25,26);1H. The molecule has 3 aliphatic rings. The van der Waals surface area contributed by atoms with E-state index in [1.54, 1.807) is 14.2 Å². The van der Waals surface area contributed by atoms with Gasteiger partial charge in [-0.05, 0) is 31.2 Å². The van der Waals surface area contributed by atoms with E-state index >= 15 is 0 Å². The van der Waals surface area contributed by atoms with E-state index in [0.29, 0.717) is 43.6 Å². The van der Waals surface area contributed by atoms with Crippen LogP contribution >= 0.6 is 24.0 Å². The lowest BCUT2D eigenvalue weighted by atomic mass is 9.85. The van der Waals surface area contributed by atoms with E-state index in [9.17, 15) is 9.59 Å². The van der Waals surface area contributed by atoms with Crippen molar-refractivity contribution in [2.75, 3.05) is 33.9 Å². The third-order valence-electron chi connectivity index (χ3n) is 6.43. The molecule has 4 rings (SSSR count). The number of amides is 2. The zero-order chi connectivity index (χ0) is 22.0. The monoisotopic (exact) mass is 554 g/mol. The number of fused-ring (bicyclic) bond motifs is 5. The van der Waals surface area contributed by atoms with Gasteiger partial charge in [0, 0.05) is 25.2 Å². The molecule has 8 nitrogen and oxygen atoms in total. The van der Waals surface area contributed by atoms with Gasteiger partial charge in [0.2, 0.25) is 11.8 Å². The lowest BCUT2D eigenvalue weighted by Crippen LogP contribution is -2.43. The van der Waals surface area contributed by atoms with Gasteiger partial charge in [0.05, 0.1) is 32.6 Å². The quantitative estimate of drug-likeness (QED) is 0.168. The first kappa shape index (κ1) is 24.3. The molecule has 2 amide bonds. The molecule has 0 spiro atoms. The molecule has 2 fully saturated rings. The average Bonchev–Trinajstić information content (AvgIpc) is 3.46. The minimum atomic E-state index is -0.148. The molecule has 1 saturated carbocycles. The summed E-state index contributed by atoms with van der Waals surface area (Å²) >= 11 is 0. The topological polar surface area (TPSA) is 92.3 Å². The summed E-state index contributed by atoms with van der Waals surface area (Å²) in [6, 6.07) is 5.68. The van der Waals surface area contributed by atoms with E-state index in [0.717, 1.165) is 12.0 Å². The lowest BCUT2D eigenvalue weighted by molar-refractivity contribution is -0.140. The fourth-order valence-corrected chi connectivity index (χ4v) is 5.05.